The highest BCUT2D eigenvalue weighted by Crippen LogP contribution is 2.33. The lowest BCUT2D eigenvalue weighted by Gasteiger charge is -2.34. The molecular formula is C26H37N5O5. The number of nitrogens with two attached hydrogens (primary N) is 2. The highest BCUT2D eigenvalue weighted by molar-refractivity contribution is 6.06. The Balaban J connectivity index is 1.64. The fourth-order valence-corrected chi connectivity index (χ4v) is 4.22. The lowest BCUT2D eigenvalue weighted by Crippen LogP contribution is -2.48. The second-order valence-electron chi connectivity index (χ2n) is 10.7. The van der Waals surface area contributed by atoms with E-state index < -0.39 is 35.2 Å². The lowest BCUT2D eigenvalue weighted by molar-refractivity contribution is -0.122. The minimum absolute atomic E-state index is 0.0274. The molecule has 0 spiro atoms. The van der Waals surface area contributed by atoms with Crippen molar-refractivity contribution in [2.45, 2.75) is 65.2 Å². The van der Waals surface area contributed by atoms with E-state index in [1.165, 1.54) is 9.80 Å². The summed E-state index contributed by atoms with van der Waals surface area (Å²) in [6.07, 6.45) is 0.242. The topological polar surface area (TPSA) is 141 Å². The third kappa shape index (κ3) is 6.35. The molecule has 0 unspecified atom stereocenters. The van der Waals surface area contributed by atoms with Gasteiger partial charge < -0.3 is 25.8 Å². The summed E-state index contributed by atoms with van der Waals surface area (Å²) in [5, 5.41) is 0. The molecule has 1 fully saturated rings. The summed E-state index contributed by atoms with van der Waals surface area (Å²) >= 11 is 0. The predicted molar refractivity (Wildman–Crippen MR) is 136 cm³/mol. The molecule has 10 heteroatoms. The summed E-state index contributed by atoms with van der Waals surface area (Å²) in [6, 6.07) is 9.40. The highest BCUT2D eigenvalue weighted by Gasteiger charge is 2.44. The largest absolute Gasteiger partial charge is 0.445 e. The van der Waals surface area contributed by atoms with Crippen LogP contribution in [0, 0.1) is 5.92 Å². The van der Waals surface area contributed by atoms with E-state index in [2.05, 4.69) is 4.99 Å². The van der Waals surface area contributed by atoms with Gasteiger partial charge in [0.2, 0.25) is 0 Å². The molecule has 2 heterocycles. The number of ether oxygens (including phenoxy) is 2. The van der Waals surface area contributed by atoms with E-state index in [0.29, 0.717) is 30.7 Å². The summed E-state index contributed by atoms with van der Waals surface area (Å²) in [7, 11) is 0. The van der Waals surface area contributed by atoms with Crippen LogP contribution in [0.15, 0.2) is 46.6 Å². The van der Waals surface area contributed by atoms with Crippen LogP contribution in [0.4, 0.5) is 9.59 Å². The minimum Gasteiger partial charge on any atom is -0.445 e. The summed E-state index contributed by atoms with van der Waals surface area (Å²) < 4.78 is 10.9. The van der Waals surface area contributed by atoms with E-state index in [1.807, 2.05) is 30.3 Å². The van der Waals surface area contributed by atoms with Crippen molar-refractivity contribution in [2.75, 3.05) is 19.6 Å². The second-order valence-corrected chi connectivity index (χ2v) is 10.7. The summed E-state index contributed by atoms with van der Waals surface area (Å²) in [4.78, 5) is 45.4. The summed E-state index contributed by atoms with van der Waals surface area (Å²) in [5.74, 6) is -0.956. The van der Waals surface area contributed by atoms with E-state index in [4.69, 9.17) is 20.9 Å². The maximum Gasteiger partial charge on any atom is 0.411 e. The molecule has 1 aromatic rings. The Hall–Kier alpha value is -3.56. The van der Waals surface area contributed by atoms with Crippen LogP contribution in [0.1, 0.15) is 53.0 Å². The molecule has 1 saturated heterocycles. The van der Waals surface area contributed by atoms with Gasteiger partial charge >= 0.3 is 12.2 Å². The zero-order valence-corrected chi connectivity index (χ0v) is 21.7. The molecule has 0 saturated carbocycles. The molecular weight excluding hydrogens is 462 g/mol. The Morgan fingerprint density at radius 2 is 1.81 bits per heavy atom. The van der Waals surface area contributed by atoms with Crippen molar-refractivity contribution >= 4 is 23.9 Å². The molecule has 3 amide bonds. The standard InChI is InChI=1S/C26H37N5O5/c1-25(2,3)36-24(34)31-15-19(20(27)26(31,4)5)21(28)29-22(32)18-12-9-13-30(14-18)23(33)35-16-17-10-7-6-8-11-17/h6-8,10-11,18H,9,12-16,27H2,1-5H3,(H2,28,29,32)/t18-/m1/s1. The fraction of sp³-hybridized carbons (Fsp3) is 0.538. The lowest BCUT2D eigenvalue weighted by atomic mass is 9.97. The molecule has 1 aromatic carbocycles. The molecule has 0 bridgehead atoms. The number of aliphatic imine (C=N–C) groups is 1. The van der Waals surface area contributed by atoms with Crippen LogP contribution in [0.5, 0.6) is 0 Å². The Morgan fingerprint density at radius 1 is 1.14 bits per heavy atom. The number of nitrogens with zero attached hydrogens (tertiary/aromatic N) is 3. The van der Waals surface area contributed by atoms with Crippen molar-refractivity contribution in [1.29, 1.82) is 0 Å². The number of carbonyl (C=O) groups is 3. The van der Waals surface area contributed by atoms with Crippen molar-refractivity contribution in [3.8, 4) is 0 Å². The van der Waals surface area contributed by atoms with Crippen molar-refractivity contribution in [3.63, 3.8) is 0 Å². The highest BCUT2D eigenvalue weighted by atomic mass is 16.6. The van der Waals surface area contributed by atoms with Gasteiger partial charge in [0.25, 0.3) is 5.91 Å². The summed E-state index contributed by atoms with van der Waals surface area (Å²) in [6.45, 7) is 9.88. The molecule has 10 nitrogen and oxygen atoms in total. The first-order valence-corrected chi connectivity index (χ1v) is 12.1. The van der Waals surface area contributed by atoms with Gasteiger partial charge in [-0.05, 0) is 53.0 Å². The number of hydrogen-bond acceptors (Lipinski definition) is 6. The molecule has 1 atom stereocenters. The first-order valence-electron chi connectivity index (χ1n) is 12.1. The van der Waals surface area contributed by atoms with Crippen LogP contribution in [0.3, 0.4) is 0 Å². The zero-order valence-electron chi connectivity index (χ0n) is 21.7. The SMILES string of the molecule is CC(C)(C)OC(=O)N1CC(C(N)=NC(=O)[C@@H]2CCCN(C(=O)OCc3ccccc3)C2)=C(N)C1(C)C. The number of amides is 3. The fourth-order valence-electron chi connectivity index (χ4n) is 4.22. The van der Waals surface area contributed by atoms with Gasteiger partial charge in [-0.15, -0.1) is 0 Å². The first-order chi connectivity index (χ1) is 16.8. The smallest absolute Gasteiger partial charge is 0.411 e. The van der Waals surface area contributed by atoms with E-state index in [0.717, 1.165) is 5.56 Å². The molecule has 0 aliphatic carbocycles. The maximum absolute atomic E-state index is 13.0. The van der Waals surface area contributed by atoms with E-state index in [1.54, 1.807) is 34.6 Å². The number of piperidine rings is 1. The van der Waals surface area contributed by atoms with E-state index in [9.17, 15) is 14.4 Å². The van der Waals surface area contributed by atoms with Gasteiger partial charge in [-0.3, -0.25) is 9.69 Å². The molecule has 36 heavy (non-hydrogen) atoms. The monoisotopic (exact) mass is 499 g/mol. The predicted octanol–water partition coefficient (Wildman–Crippen LogP) is 3.16. The molecule has 3 rings (SSSR count). The Bertz CT molecular complexity index is 1060. The molecule has 0 radical (unpaired) electrons. The number of carbonyl (C=O) groups excluding carboxylic acids is 3. The van der Waals surface area contributed by atoms with Crippen LogP contribution in [-0.2, 0) is 20.9 Å². The van der Waals surface area contributed by atoms with Crippen LogP contribution in [0.2, 0.25) is 0 Å². The van der Waals surface area contributed by atoms with Crippen LogP contribution < -0.4 is 11.5 Å². The molecule has 4 N–H and O–H groups in total. The van der Waals surface area contributed by atoms with E-state index in [-0.39, 0.29) is 25.5 Å². The van der Waals surface area contributed by atoms with Crippen molar-refractivity contribution in [3.05, 3.63) is 47.2 Å². The van der Waals surface area contributed by atoms with Crippen LogP contribution >= 0.6 is 0 Å². The average molecular weight is 500 g/mol. The minimum atomic E-state index is -0.856. The number of hydrogen-bond donors (Lipinski definition) is 2. The van der Waals surface area contributed by atoms with Gasteiger partial charge in [0, 0.05) is 24.4 Å². The Morgan fingerprint density at radius 3 is 2.44 bits per heavy atom. The van der Waals surface area contributed by atoms with Gasteiger partial charge in [0.05, 0.1) is 18.0 Å². The van der Waals surface area contributed by atoms with Gasteiger partial charge in [-0.2, -0.15) is 4.99 Å². The molecule has 196 valence electrons. The van der Waals surface area contributed by atoms with Gasteiger partial charge in [-0.25, -0.2) is 9.59 Å². The number of benzene rings is 1. The second kappa shape index (κ2) is 10.6. The quantitative estimate of drug-likeness (QED) is 0.479. The zero-order chi connectivity index (χ0) is 26.7. The normalized spacial score (nSPS) is 20.4. The van der Waals surface area contributed by atoms with Crippen LogP contribution in [-0.4, -0.2) is 64.5 Å². The average Bonchev–Trinajstić information content (AvgIpc) is 3.06. The number of rotatable bonds is 4. The van der Waals surface area contributed by atoms with Gasteiger partial charge in [0.15, 0.2) is 0 Å². The van der Waals surface area contributed by atoms with Crippen molar-refractivity contribution in [2.24, 2.45) is 22.4 Å². The Labute approximate surface area is 212 Å². The van der Waals surface area contributed by atoms with Crippen molar-refractivity contribution < 1.29 is 23.9 Å². The molecule has 2 aliphatic heterocycles. The van der Waals surface area contributed by atoms with Crippen molar-refractivity contribution in [1.82, 2.24) is 9.80 Å². The maximum atomic E-state index is 13.0. The Kier molecular flexibility index (Phi) is 7.96. The van der Waals surface area contributed by atoms with Gasteiger partial charge in [0.1, 0.15) is 18.0 Å². The third-order valence-corrected chi connectivity index (χ3v) is 6.36. The summed E-state index contributed by atoms with van der Waals surface area (Å²) in [5.41, 5.74) is 12.7. The van der Waals surface area contributed by atoms with Gasteiger partial charge in [-0.1, -0.05) is 30.3 Å². The number of likely N-dealkylation sites (tertiary alicyclic amines) is 1. The molecule has 2 aliphatic rings. The van der Waals surface area contributed by atoms with Crippen LogP contribution in [0.25, 0.3) is 0 Å². The molecule has 0 aromatic heterocycles. The third-order valence-electron chi connectivity index (χ3n) is 6.36. The van der Waals surface area contributed by atoms with E-state index >= 15 is 0 Å². The first kappa shape index (κ1) is 27.0. The number of amidine groups is 1.